The van der Waals surface area contributed by atoms with E-state index < -0.39 is 12.0 Å². The second-order valence-corrected chi connectivity index (χ2v) is 6.67. The van der Waals surface area contributed by atoms with Crippen LogP contribution in [0.3, 0.4) is 0 Å². The number of hydrogen-bond acceptors (Lipinski definition) is 5. The Balaban J connectivity index is 0.00000240. The molecule has 0 aliphatic heterocycles. The van der Waals surface area contributed by atoms with Gasteiger partial charge >= 0.3 is 5.97 Å². The third-order valence-corrected chi connectivity index (χ3v) is 4.99. The van der Waals surface area contributed by atoms with Crippen LogP contribution in [0, 0.1) is 0 Å². The molecule has 0 spiro atoms. The number of benzene rings is 1. The zero-order valence-corrected chi connectivity index (χ0v) is 16.8. The van der Waals surface area contributed by atoms with Gasteiger partial charge in [0.05, 0.1) is 18.2 Å². The molecule has 0 fully saturated rings. The molecular formula is C21H21ClN4O3. The quantitative estimate of drug-likeness (QED) is 0.519. The monoisotopic (exact) mass is 412 g/mol. The summed E-state index contributed by atoms with van der Waals surface area (Å²) in [5, 5.41) is 0.973. The van der Waals surface area contributed by atoms with Crippen molar-refractivity contribution in [3.8, 4) is 11.1 Å². The molecule has 0 radical (unpaired) electrons. The van der Waals surface area contributed by atoms with Crippen LogP contribution in [0.25, 0.3) is 27.7 Å². The van der Waals surface area contributed by atoms with Gasteiger partial charge in [-0.15, -0.1) is 12.4 Å². The van der Waals surface area contributed by atoms with E-state index in [1.807, 2.05) is 46.9 Å². The lowest BCUT2D eigenvalue weighted by atomic mass is 10.0. The minimum absolute atomic E-state index is 0. The molecule has 1 aromatic carbocycles. The average molecular weight is 413 g/mol. The van der Waals surface area contributed by atoms with Crippen LogP contribution in [0.4, 0.5) is 0 Å². The van der Waals surface area contributed by atoms with Gasteiger partial charge in [-0.2, -0.15) is 0 Å². The number of nitrogens with two attached hydrogens (primary N) is 1. The van der Waals surface area contributed by atoms with E-state index in [9.17, 15) is 9.59 Å². The van der Waals surface area contributed by atoms with Gasteiger partial charge in [0.2, 0.25) is 0 Å². The molecule has 8 heteroatoms. The van der Waals surface area contributed by atoms with E-state index in [1.54, 1.807) is 24.0 Å². The van der Waals surface area contributed by atoms with Crippen molar-refractivity contribution < 1.29 is 9.53 Å². The highest BCUT2D eigenvalue weighted by atomic mass is 35.5. The van der Waals surface area contributed by atoms with Gasteiger partial charge in [-0.25, -0.2) is 4.98 Å². The number of pyridine rings is 2. The molecule has 1 atom stereocenters. The summed E-state index contributed by atoms with van der Waals surface area (Å²) in [6.45, 7) is 0. The van der Waals surface area contributed by atoms with Crippen LogP contribution in [0.2, 0.25) is 0 Å². The van der Waals surface area contributed by atoms with Crippen LogP contribution in [-0.4, -0.2) is 33.1 Å². The van der Waals surface area contributed by atoms with E-state index in [1.165, 1.54) is 7.11 Å². The highest BCUT2D eigenvalue weighted by molar-refractivity contribution is 5.87. The van der Waals surface area contributed by atoms with Crippen LogP contribution in [0.1, 0.15) is 5.69 Å². The molecule has 0 aliphatic carbocycles. The first kappa shape index (κ1) is 20.6. The van der Waals surface area contributed by atoms with Crippen molar-refractivity contribution in [2.75, 3.05) is 7.11 Å². The van der Waals surface area contributed by atoms with Crippen LogP contribution < -0.4 is 11.3 Å². The summed E-state index contributed by atoms with van der Waals surface area (Å²) in [5.41, 5.74) is 9.44. The lowest BCUT2D eigenvalue weighted by Crippen LogP contribution is -2.34. The smallest absolute Gasteiger partial charge is 0.323 e. The fourth-order valence-electron chi connectivity index (χ4n) is 3.52. The number of carbonyl (C=O) groups excluding carboxylic acids is 1. The normalized spacial score (nSPS) is 12.0. The summed E-state index contributed by atoms with van der Waals surface area (Å²) < 4.78 is 8.21. The molecule has 0 aliphatic rings. The summed E-state index contributed by atoms with van der Waals surface area (Å²) in [5.74, 6) is -0.472. The first-order valence-corrected chi connectivity index (χ1v) is 8.88. The van der Waals surface area contributed by atoms with Gasteiger partial charge in [-0.1, -0.05) is 18.2 Å². The molecular weight excluding hydrogens is 392 g/mol. The summed E-state index contributed by atoms with van der Waals surface area (Å²) in [4.78, 5) is 29.1. The van der Waals surface area contributed by atoms with E-state index in [0.29, 0.717) is 17.6 Å². The Morgan fingerprint density at radius 1 is 1.21 bits per heavy atom. The maximum Gasteiger partial charge on any atom is 0.323 e. The number of carbonyl (C=O) groups is 1. The van der Waals surface area contributed by atoms with Gasteiger partial charge in [0.15, 0.2) is 0 Å². The third kappa shape index (κ3) is 3.50. The number of nitrogens with zero attached hydrogens (tertiary/aromatic N) is 3. The number of rotatable bonds is 4. The Kier molecular flexibility index (Phi) is 5.72. The largest absolute Gasteiger partial charge is 0.468 e. The third-order valence-electron chi connectivity index (χ3n) is 4.99. The summed E-state index contributed by atoms with van der Waals surface area (Å²) in [6, 6.07) is 12.6. The van der Waals surface area contributed by atoms with E-state index >= 15 is 0 Å². The second-order valence-electron chi connectivity index (χ2n) is 6.67. The number of halogens is 1. The summed E-state index contributed by atoms with van der Waals surface area (Å²) in [6.07, 6.45) is 3.76. The molecule has 0 saturated heterocycles. The SMILES string of the molecule is COC(=O)[C@@H](N)Cc1ccc(-c2cc3ccccc3n(C)c2=O)c2nccn12.Cl. The standard InChI is InChI=1S/C21H20N4O3.ClH/c1-24-18-6-4-3-5-13(18)11-16(20(24)26)15-8-7-14(12-17(22)21(27)28-2)25-10-9-23-19(15)25;/h3-11,17H,12,22H2,1-2H3;1H/t17-;/m0./s1. The Labute approximate surface area is 173 Å². The molecule has 3 heterocycles. The number of ether oxygens (including phenoxy) is 1. The lowest BCUT2D eigenvalue weighted by molar-refractivity contribution is -0.142. The number of aromatic nitrogens is 3. The molecule has 2 N–H and O–H groups in total. The van der Waals surface area contributed by atoms with Crippen molar-refractivity contribution in [3.05, 3.63) is 70.9 Å². The van der Waals surface area contributed by atoms with Gasteiger partial charge < -0.3 is 19.4 Å². The number of esters is 1. The van der Waals surface area contributed by atoms with Crippen molar-refractivity contribution in [1.82, 2.24) is 14.0 Å². The maximum atomic E-state index is 13.0. The van der Waals surface area contributed by atoms with Crippen molar-refractivity contribution >= 4 is 34.9 Å². The van der Waals surface area contributed by atoms with E-state index in [0.717, 1.165) is 22.2 Å². The highest BCUT2D eigenvalue weighted by Crippen LogP contribution is 2.25. The van der Waals surface area contributed by atoms with Crippen molar-refractivity contribution in [3.63, 3.8) is 0 Å². The van der Waals surface area contributed by atoms with Gasteiger partial charge in [0.1, 0.15) is 11.7 Å². The number of fused-ring (bicyclic) bond motifs is 2. The topological polar surface area (TPSA) is 91.6 Å². The molecule has 0 unspecified atom stereocenters. The van der Waals surface area contributed by atoms with Gasteiger partial charge in [-0.3, -0.25) is 9.59 Å². The summed E-state index contributed by atoms with van der Waals surface area (Å²) >= 11 is 0. The van der Waals surface area contributed by atoms with Gasteiger partial charge in [0, 0.05) is 37.1 Å². The molecule has 0 amide bonds. The maximum absolute atomic E-state index is 13.0. The van der Waals surface area contributed by atoms with Crippen LogP contribution >= 0.6 is 12.4 Å². The molecule has 29 heavy (non-hydrogen) atoms. The zero-order valence-electron chi connectivity index (χ0n) is 16.0. The predicted molar refractivity (Wildman–Crippen MR) is 114 cm³/mol. The minimum atomic E-state index is -0.769. The lowest BCUT2D eigenvalue weighted by Gasteiger charge is -2.14. The molecule has 0 bridgehead atoms. The molecule has 0 saturated carbocycles. The fourth-order valence-corrected chi connectivity index (χ4v) is 3.52. The van der Waals surface area contributed by atoms with Crippen molar-refractivity contribution in [2.45, 2.75) is 12.5 Å². The van der Waals surface area contributed by atoms with Gasteiger partial charge in [0.25, 0.3) is 5.56 Å². The zero-order chi connectivity index (χ0) is 19.8. The Morgan fingerprint density at radius 2 is 1.97 bits per heavy atom. The average Bonchev–Trinajstić information content (AvgIpc) is 3.21. The number of imidazole rings is 1. The highest BCUT2D eigenvalue weighted by Gasteiger charge is 2.18. The summed E-state index contributed by atoms with van der Waals surface area (Å²) in [7, 11) is 3.08. The number of para-hydroxylation sites is 1. The van der Waals surface area contributed by atoms with Crippen LogP contribution in [-0.2, 0) is 23.0 Å². The van der Waals surface area contributed by atoms with Crippen LogP contribution in [0.5, 0.6) is 0 Å². The second kappa shape index (κ2) is 8.06. The van der Waals surface area contributed by atoms with Gasteiger partial charge in [-0.05, 0) is 29.7 Å². The number of aryl methyl sites for hydroxylation is 1. The van der Waals surface area contributed by atoms with Crippen molar-refractivity contribution in [2.24, 2.45) is 12.8 Å². The van der Waals surface area contributed by atoms with E-state index in [2.05, 4.69) is 4.98 Å². The van der Waals surface area contributed by atoms with Crippen molar-refractivity contribution in [1.29, 1.82) is 0 Å². The fraction of sp³-hybridized carbons (Fsp3) is 0.190. The molecule has 4 aromatic rings. The Morgan fingerprint density at radius 3 is 2.72 bits per heavy atom. The van der Waals surface area contributed by atoms with E-state index in [-0.39, 0.29) is 18.0 Å². The minimum Gasteiger partial charge on any atom is -0.468 e. The Bertz CT molecular complexity index is 1260. The first-order valence-electron chi connectivity index (χ1n) is 8.88. The molecule has 7 nitrogen and oxygen atoms in total. The Hall–Kier alpha value is -3.16. The predicted octanol–water partition coefficient (Wildman–Crippen LogP) is 2.32. The number of hydrogen-bond donors (Lipinski definition) is 1. The van der Waals surface area contributed by atoms with Crippen LogP contribution in [0.15, 0.2) is 59.7 Å². The molecule has 4 rings (SSSR count). The van der Waals surface area contributed by atoms with E-state index in [4.69, 9.17) is 10.5 Å². The molecule has 150 valence electrons. The molecule has 3 aromatic heterocycles. The number of methoxy groups -OCH3 is 1. The first-order chi connectivity index (χ1) is 13.5.